The van der Waals surface area contributed by atoms with Crippen molar-refractivity contribution in [1.29, 1.82) is 0 Å². The summed E-state index contributed by atoms with van der Waals surface area (Å²) in [5.74, 6) is -0.0420. The Labute approximate surface area is 140 Å². The van der Waals surface area contributed by atoms with E-state index in [2.05, 4.69) is 5.10 Å². The highest BCUT2D eigenvalue weighted by Gasteiger charge is 2.30. The van der Waals surface area contributed by atoms with Gasteiger partial charge >= 0.3 is 11.9 Å². The van der Waals surface area contributed by atoms with Crippen molar-refractivity contribution in [2.24, 2.45) is 0 Å². The molecule has 0 aliphatic carbocycles. The summed E-state index contributed by atoms with van der Waals surface area (Å²) in [5, 5.41) is 4.03. The Bertz CT molecular complexity index is 910. The molecule has 0 aliphatic heterocycles. The van der Waals surface area contributed by atoms with Gasteiger partial charge in [-0.3, -0.25) is 0 Å². The number of alkyl halides is 3. The molecule has 0 bridgehead atoms. The summed E-state index contributed by atoms with van der Waals surface area (Å²) in [5.41, 5.74) is 0.310. The molecule has 3 aromatic rings. The molecule has 0 N–H and O–H groups in total. The molecule has 1 aromatic heterocycles. The first-order valence-electron chi connectivity index (χ1n) is 7.25. The minimum atomic E-state index is -4.42. The lowest BCUT2D eigenvalue weighted by molar-refractivity contribution is -0.137. The van der Waals surface area contributed by atoms with Gasteiger partial charge < -0.3 is 9.15 Å². The first-order valence-corrected chi connectivity index (χ1v) is 7.25. The Balaban J connectivity index is 1.83. The second-order valence-electron chi connectivity index (χ2n) is 5.25. The number of rotatable bonds is 4. The molecule has 130 valence electrons. The van der Waals surface area contributed by atoms with Crippen molar-refractivity contribution in [3.8, 4) is 17.2 Å². The number of halogens is 3. The molecule has 0 saturated heterocycles. The standard InChI is InChI=1S/C17H13F3N2O3/c1-24-14-8-2-11(3-9-14)10-22-16(23)25-15(21-22)12-4-6-13(7-5-12)17(18,19)20/h2-9H,10H2,1H3. The SMILES string of the molecule is COc1ccc(Cn2nc(-c3ccc(C(F)(F)F)cc3)oc2=O)cc1. The van der Waals surface area contributed by atoms with E-state index in [1.807, 2.05) is 0 Å². The lowest BCUT2D eigenvalue weighted by Crippen LogP contribution is -2.16. The molecular formula is C17H13F3N2O3. The maximum absolute atomic E-state index is 12.6. The molecule has 0 atom stereocenters. The van der Waals surface area contributed by atoms with Crippen molar-refractivity contribution in [2.45, 2.75) is 12.7 Å². The summed E-state index contributed by atoms with van der Waals surface area (Å²) in [7, 11) is 1.55. The van der Waals surface area contributed by atoms with Crippen LogP contribution in [0.5, 0.6) is 5.75 Å². The molecular weight excluding hydrogens is 337 g/mol. The maximum Gasteiger partial charge on any atom is 0.437 e. The van der Waals surface area contributed by atoms with Gasteiger partial charge in [0, 0.05) is 5.56 Å². The van der Waals surface area contributed by atoms with E-state index < -0.39 is 17.5 Å². The van der Waals surface area contributed by atoms with Gasteiger partial charge in [-0.2, -0.15) is 17.9 Å². The Kier molecular flexibility index (Phi) is 4.35. The molecule has 25 heavy (non-hydrogen) atoms. The summed E-state index contributed by atoms with van der Waals surface area (Å²) >= 11 is 0. The number of aromatic nitrogens is 2. The van der Waals surface area contributed by atoms with Crippen LogP contribution >= 0.6 is 0 Å². The second kappa shape index (κ2) is 6.46. The molecule has 5 nitrogen and oxygen atoms in total. The van der Waals surface area contributed by atoms with Crippen LogP contribution in [0.4, 0.5) is 13.2 Å². The lowest BCUT2D eigenvalue weighted by atomic mass is 10.1. The minimum Gasteiger partial charge on any atom is -0.497 e. The first kappa shape index (κ1) is 16.8. The van der Waals surface area contributed by atoms with Crippen LogP contribution in [0.1, 0.15) is 11.1 Å². The molecule has 1 heterocycles. The van der Waals surface area contributed by atoms with Gasteiger partial charge in [0.15, 0.2) is 0 Å². The molecule has 0 fully saturated rings. The molecule has 0 radical (unpaired) electrons. The third kappa shape index (κ3) is 3.73. The zero-order valence-corrected chi connectivity index (χ0v) is 13.1. The van der Waals surface area contributed by atoms with Crippen LogP contribution < -0.4 is 10.5 Å². The lowest BCUT2D eigenvalue weighted by Gasteiger charge is -2.05. The van der Waals surface area contributed by atoms with E-state index in [1.54, 1.807) is 31.4 Å². The van der Waals surface area contributed by atoms with E-state index in [0.29, 0.717) is 11.3 Å². The number of benzene rings is 2. The molecule has 3 rings (SSSR count). The van der Waals surface area contributed by atoms with Gasteiger partial charge in [-0.1, -0.05) is 12.1 Å². The van der Waals surface area contributed by atoms with Crippen molar-refractivity contribution in [1.82, 2.24) is 9.78 Å². The van der Waals surface area contributed by atoms with Crippen molar-refractivity contribution >= 4 is 0 Å². The summed E-state index contributed by atoms with van der Waals surface area (Å²) in [4.78, 5) is 11.9. The van der Waals surface area contributed by atoms with E-state index in [-0.39, 0.29) is 12.4 Å². The van der Waals surface area contributed by atoms with Gasteiger partial charge in [0.2, 0.25) is 5.89 Å². The first-order chi connectivity index (χ1) is 11.9. The maximum atomic E-state index is 12.6. The zero-order chi connectivity index (χ0) is 18.0. The molecule has 8 heteroatoms. The minimum absolute atomic E-state index is 0.0350. The molecule has 2 aromatic carbocycles. The van der Waals surface area contributed by atoms with Crippen LogP contribution in [0.25, 0.3) is 11.5 Å². The van der Waals surface area contributed by atoms with Gasteiger partial charge in [0.1, 0.15) is 5.75 Å². The van der Waals surface area contributed by atoms with E-state index >= 15 is 0 Å². The van der Waals surface area contributed by atoms with Crippen molar-refractivity contribution in [3.05, 3.63) is 70.2 Å². The number of ether oxygens (including phenoxy) is 1. The number of hydrogen-bond donors (Lipinski definition) is 0. The fourth-order valence-corrected chi connectivity index (χ4v) is 2.23. The summed E-state index contributed by atoms with van der Waals surface area (Å²) in [6.45, 7) is 0.174. The summed E-state index contributed by atoms with van der Waals surface area (Å²) < 4.78 is 48.9. The zero-order valence-electron chi connectivity index (χ0n) is 13.1. The molecule has 0 unspecified atom stereocenters. The van der Waals surface area contributed by atoms with E-state index in [1.165, 1.54) is 12.1 Å². The van der Waals surface area contributed by atoms with E-state index in [0.717, 1.165) is 22.4 Å². The predicted molar refractivity (Wildman–Crippen MR) is 83.3 cm³/mol. The average Bonchev–Trinajstić information content (AvgIpc) is 2.96. The monoisotopic (exact) mass is 350 g/mol. The highest BCUT2D eigenvalue weighted by Crippen LogP contribution is 2.30. The topological polar surface area (TPSA) is 57.3 Å². The summed E-state index contributed by atoms with van der Waals surface area (Å²) in [6.07, 6.45) is -4.42. The molecule has 0 saturated carbocycles. The second-order valence-corrected chi connectivity index (χ2v) is 5.25. The van der Waals surface area contributed by atoms with Gasteiger partial charge in [0.25, 0.3) is 0 Å². The van der Waals surface area contributed by atoms with Crippen LogP contribution in [0.2, 0.25) is 0 Å². The summed E-state index contributed by atoms with van der Waals surface area (Å²) in [6, 6.07) is 11.3. The Morgan fingerprint density at radius 1 is 1.08 bits per heavy atom. The largest absolute Gasteiger partial charge is 0.497 e. The third-order valence-corrected chi connectivity index (χ3v) is 3.56. The third-order valence-electron chi connectivity index (χ3n) is 3.56. The van der Waals surface area contributed by atoms with Crippen molar-refractivity contribution in [3.63, 3.8) is 0 Å². The molecule has 0 aliphatic rings. The number of methoxy groups -OCH3 is 1. The Morgan fingerprint density at radius 3 is 2.28 bits per heavy atom. The quantitative estimate of drug-likeness (QED) is 0.722. The van der Waals surface area contributed by atoms with Gasteiger partial charge in [-0.15, -0.1) is 5.10 Å². The van der Waals surface area contributed by atoms with Crippen molar-refractivity contribution < 1.29 is 22.3 Å². The van der Waals surface area contributed by atoms with Crippen LogP contribution in [-0.2, 0) is 12.7 Å². The van der Waals surface area contributed by atoms with Crippen molar-refractivity contribution in [2.75, 3.05) is 7.11 Å². The normalized spacial score (nSPS) is 11.5. The smallest absolute Gasteiger partial charge is 0.437 e. The Hall–Kier alpha value is -3.03. The molecule has 0 amide bonds. The number of hydrogen-bond acceptors (Lipinski definition) is 4. The highest BCUT2D eigenvalue weighted by atomic mass is 19.4. The van der Waals surface area contributed by atoms with Crippen LogP contribution in [-0.4, -0.2) is 16.9 Å². The van der Waals surface area contributed by atoms with Gasteiger partial charge in [-0.25, -0.2) is 4.79 Å². The van der Waals surface area contributed by atoms with Gasteiger partial charge in [-0.05, 0) is 42.0 Å². The van der Waals surface area contributed by atoms with Crippen LogP contribution in [0.3, 0.4) is 0 Å². The van der Waals surface area contributed by atoms with Crippen LogP contribution in [0, 0.1) is 0 Å². The van der Waals surface area contributed by atoms with Crippen LogP contribution in [0.15, 0.2) is 57.7 Å². The average molecular weight is 350 g/mol. The highest BCUT2D eigenvalue weighted by molar-refractivity contribution is 5.53. The van der Waals surface area contributed by atoms with Gasteiger partial charge in [0.05, 0.1) is 19.2 Å². The predicted octanol–water partition coefficient (Wildman–Crippen LogP) is 3.58. The van der Waals surface area contributed by atoms with E-state index in [9.17, 15) is 18.0 Å². The number of nitrogens with zero attached hydrogens (tertiary/aromatic N) is 2. The molecule has 0 spiro atoms. The Morgan fingerprint density at radius 2 is 1.72 bits per heavy atom. The fraction of sp³-hybridized carbons (Fsp3) is 0.176. The fourth-order valence-electron chi connectivity index (χ4n) is 2.23. The van der Waals surface area contributed by atoms with E-state index in [4.69, 9.17) is 9.15 Å².